The van der Waals surface area contributed by atoms with Crippen molar-refractivity contribution in [1.29, 1.82) is 0 Å². The van der Waals surface area contributed by atoms with Crippen molar-refractivity contribution in [3.05, 3.63) is 29.8 Å². The molecule has 0 bridgehead atoms. The van der Waals surface area contributed by atoms with Gasteiger partial charge in [0.1, 0.15) is 0 Å². The summed E-state index contributed by atoms with van der Waals surface area (Å²) in [4.78, 5) is 2.55. The van der Waals surface area contributed by atoms with Crippen LogP contribution in [0.2, 0.25) is 0 Å². The molecule has 1 aliphatic carbocycles. The average Bonchev–Trinajstić information content (AvgIpc) is 2.81. The van der Waals surface area contributed by atoms with Gasteiger partial charge in [-0.05, 0) is 30.9 Å². The van der Waals surface area contributed by atoms with Crippen LogP contribution >= 0.6 is 0 Å². The van der Waals surface area contributed by atoms with Crippen molar-refractivity contribution >= 4 is 5.69 Å². The molecular weight excluding hydrogens is 212 g/mol. The predicted octanol–water partition coefficient (Wildman–Crippen LogP) is 2.02. The van der Waals surface area contributed by atoms with Crippen LogP contribution in [0, 0.1) is 0 Å². The monoisotopic (exact) mass is 232 g/mol. The normalized spacial score (nSPS) is 29.2. The van der Waals surface area contributed by atoms with Crippen LogP contribution in [0.25, 0.3) is 0 Å². The van der Waals surface area contributed by atoms with Crippen LogP contribution in [0.4, 0.5) is 5.69 Å². The van der Waals surface area contributed by atoms with E-state index in [9.17, 15) is 0 Å². The minimum absolute atomic E-state index is 0.466. The molecule has 0 radical (unpaired) electrons. The van der Waals surface area contributed by atoms with Crippen LogP contribution in [-0.2, 0) is 11.3 Å². The van der Waals surface area contributed by atoms with Crippen LogP contribution in [-0.4, -0.2) is 30.2 Å². The maximum Gasteiger partial charge on any atom is 0.0731 e. The van der Waals surface area contributed by atoms with Crippen LogP contribution in [0.15, 0.2) is 24.3 Å². The Kier molecular flexibility index (Phi) is 3.04. The Balaban J connectivity index is 1.74. The van der Waals surface area contributed by atoms with E-state index >= 15 is 0 Å². The van der Waals surface area contributed by atoms with Gasteiger partial charge in [-0.3, -0.25) is 4.90 Å². The van der Waals surface area contributed by atoms with E-state index in [4.69, 9.17) is 10.5 Å². The topological polar surface area (TPSA) is 38.5 Å². The standard InChI is InChI=1S/C14H20N2O/c15-12-5-2-1-4-11(12)10-16-8-9-17-14-7-3-6-13(14)16/h1-2,4-5,13-14H,3,6-10,15H2. The zero-order valence-corrected chi connectivity index (χ0v) is 10.1. The van der Waals surface area contributed by atoms with Gasteiger partial charge in [-0.2, -0.15) is 0 Å². The molecule has 3 rings (SSSR count). The second-order valence-electron chi connectivity index (χ2n) is 5.08. The number of anilines is 1. The van der Waals surface area contributed by atoms with Crippen LogP contribution in [0.1, 0.15) is 24.8 Å². The summed E-state index contributed by atoms with van der Waals surface area (Å²) in [6, 6.07) is 8.80. The van der Waals surface area contributed by atoms with Crippen molar-refractivity contribution < 1.29 is 4.74 Å². The third-order valence-electron chi connectivity index (χ3n) is 4.03. The highest BCUT2D eigenvalue weighted by atomic mass is 16.5. The van der Waals surface area contributed by atoms with Gasteiger partial charge in [0.05, 0.1) is 12.7 Å². The van der Waals surface area contributed by atoms with Gasteiger partial charge in [-0.25, -0.2) is 0 Å². The van der Waals surface area contributed by atoms with Gasteiger partial charge in [0.2, 0.25) is 0 Å². The molecule has 1 saturated heterocycles. The number of nitrogens with zero attached hydrogens (tertiary/aromatic N) is 1. The smallest absolute Gasteiger partial charge is 0.0731 e. The Morgan fingerprint density at radius 2 is 2.18 bits per heavy atom. The highest BCUT2D eigenvalue weighted by Gasteiger charge is 2.35. The SMILES string of the molecule is Nc1ccccc1CN1CCOC2CCCC21. The molecule has 0 aromatic heterocycles. The van der Waals surface area contributed by atoms with Gasteiger partial charge in [0.25, 0.3) is 0 Å². The van der Waals surface area contributed by atoms with E-state index in [0.29, 0.717) is 12.1 Å². The summed E-state index contributed by atoms with van der Waals surface area (Å²) in [6.45, 7) is 2.88. The summed E-state index contributed by atoms with van der Waals surface area (Å²) in [5.41, 5.74) is 8.18. The second-order valence-corrected chi connectivity index (χ2v) is 5.08. The van der Waals surface area contributed by atoms with Crippen LogP contribution in [0.3, 0.4) is 0 Å². The second kappa shape index (κ2) is 4.67. The van der Waals surface area contributed by atoms with Crippen LogP contribution < -0.4 is 5.73 Å². The summed E-state index contributed by atoms with van der Waals surface area (Å²) in [5.74, 6) is 0. The summed E-state index contributed by atoms with van der Waals surface area (Å²) in [6.07, 6.45) is 4.27. The lowest BCUT2D eigenvalue weighted by Gasteiger charge is -2.37. The maximum absolute atomic E-state index is 6.02. The molecule has 2 fully saturated rings. The summed E-state index contributed by atoms with van der Waals surface area (Å²) >= 11 is 0. The largest absolute Gasteiger partial charge is 0.398 e. The van der Waals surface area contributed by atoms with Crippen molar-refractivity contribution in [3.8, 4) is 0 Å². The molecule has 2 aliphatic rings. The number of fused-ring (bicyclic) bond motifs is 1. The lowest BCUT2D eigenvalue weighted by Crippen LogP contribution is -2.47. The first-order chi connectivity index (χ1) is 8.34. The van der Waals surface area contributed by atoms with Crippen molar-refractivity contribution in [1.82, 2.24) is 4.90 Å². The van der Waals surface area contributed by atoms with Gasteiger partial charge in [-0.15, -0.1) is 0 Å². The van der Waals surface area contributed by atoms with Crippen LogP contribution in [0.5, 0.6) is 0 Å². The van der Waals surface area contributed by atoms with E-state index in [2.05, 4.69) is 17.0 Å². The maximum atomic E-state index is 6.02. The number of rotatable bonds is 2. The lowest BCUT2D eigenvalue weighted by molar-refractivity contribution is -0.0587. The lowest BCUT2D eigenvalue weighted by atomic mass is 10.1. The molecular formula is C14H20N2O. The summed E-state index contributed by atoms with van der Waals surface area (Å²) in [7, 11) is 0. The molecule has 92 valence electrons. The third-order valence-corrected chi connectivity index (χ3v) is 4.03. The molecule has 1 aliphatic heterocycles. The zero-order chi connectivity index (χ0) is 11.7. The minimum atomic E-state index is 0.466. The Morgan fingerprint density at radius 1 is 1.29 bits per heavy atom. The van der Waals surface area contributed by atoms with E-state index in [1.807, 2.05) is 12.1 Å². The molecule has 1 saturated carbocycles. The Hall–Kier alpha value is -1.06. The van der Waals surface area contributed by atoms with Gasteiger partial charge >= 0.3 is 0 Å². The number of morpholine rings is 1. The third kappa shape index (κ3) is 2.17. The van der Waals surface area contributed by atoms with Crippen molar-refractivity contribution in [2.75, 3.05) is 18.9 Å². The molecule has 2 unspecified atom stereocenters. The number of nitrogen functional groups attached to an aromatic ring is 1. The molecule has 2 N–H and O–H groups in total. The molecule has 3 heteroatoms. The number of nitrogens with two attached hydrogens (primary N) is 1. The molecule has 17 heavy (non-hydrogen) atoms. The highest BCUT2D eigenvalue weighted by molar-refractivity contribution is 5.46. The number of hydrogen-bond acceptors (Lipinski definition) is 3. The van der Waals surface area contributed by atoms with Crippen molar-refractivity contribution in [2.45, 2.75) is 38.0 Å². The quantitative estimate of drug-likeness (QED) is 0.793. The number of para-hydroxylation sites is 1. The van der Waals surface area contributed by atoms with E-state index in [0.717, 1.165) is 25.4 Å². The molecule has 0 spiro atoms. The van der Waals surface area contributed by atoms with E-state index in [-0.39, 0.29) is 0 Å². The number of ether oxygens (including phenoxy) is 1. The molecule has 0 amide bonds. The van der Waals surface area contributed by atoms with Crippen molar-refractivity contribution in [2.24, 2.45) is 0 Å². The van der Waals surface area contributed by atoms with Gasteiger partial charge in [0.15, 0.2) is 0 Å². The van der Waals surface area contributed by atoms with E-state index in [1.165, 1.54) is 24.8 Å². The minimum Gasteiger partial charge on any atom is -0.398 e. The first-order valence-electron chi connectivity index (χ1n) is 6.53. The van der Waals surface area contributed by atoms with E-state index in [1.54, 1.807) is 0 Å². The van der Waals surface area contributed by atoms with Crippen molar-refractivity contribution in [3.63, 3.8) is 0 Å². The highest BCUT2D eigenvalue weighted by Crippen LogP contribution is 2.31. The average molecular weight is 232 g/mol. The van der Waals surface area contributed by atoms with Gasteiger partial charge < -0.3 is 10.5 Å². The fourth-order valence-corrected chi connectivity index (χ4v) is 3.10. The molecule has 1 aromatic carbocycles. The summed E-state index contributed by atoms with van der Waals surface area (Å²) < 4.78 is 5.83. The number of benzene rings is 1. The fraction of sp³-hybridized carbons (Fsp3) is 0.571. The predicted molar refractivity (Wildman–Crippen MR) is 68.6 cm³/mol. The van der Waals surface area contributed by atoms with Gasteiger partial charge in [-0.1, -0.05) is 18.2 Å². The molecule has 1 heterocycles. The Bertz CT molecular complexity index is 394. The molecule has 1 aromatic rings. The first kappa shape index (κ1) is 11.1. The Labute approximate surface area is 103 Å². The fourth-order valence-electron chi connectivity index (χ4n) is 3.10. The number of hydrogen-bond donors (Lipinski definition) is 1. The molecule has 2 atom stereocenters. The first-order valence-corrected chi connectivity index (χ1v) is 6.53. The zero-order valence-electron chi connectivity index (χ0n) is 10.1. The Morgan fingerprint density at radius 3 is 3.06 bits per heavy atom. The summed E-state index contributed by atoms with van der Waals surface area (Å²) in [5, 5.41) is 0. The van der Waals surface area contributed by atoms with E-state index < -0.39 is 0 Å². The molecule has 3 nitrogen and oxygen atoms in total. The van der Waals surface area contributed by atoms with Gasteiger partial charge in [0, 0.05) is 24.8 Å².